The van der Waals surface area contributed by atoms with Crippen LogP contribution in [-0.4, -0.2) is 16.0 Å². The van der Waals surface area contributed by atoms with Crippen LogP contribution < -0.4 is 0 Å². The van der Waals surface area contributed by atoms with E-state index in [-0.39, 0.29) is 5.41 Å². The second-order valence-corrected chi connectivity index (χ2v) is 3.81. The van der Waals surface area contributed by atoms with E-state index in [1.807, 2.05) is 13.8 Å². The molecule has 1 N–H and O–H groups in total. The van der Waals surface area contributed by atoms with Crippen molar-refractivity contribution in [2.75, 3.05) is 0 Å². The normalized spacial score (nSPS) is 38.1. The number of halogens is 1. The van der Waals surface area contributed by atoms with Crippen molar-refractivity contribution in [2.24, 2.45) is 5.41 Å². The second kappa shape index (κ2) is 1.43. The molecule has 0 aromatic carbocycles. The van der Waals surface area contributed by atoms with Crippen LogP contribution in [0.3, 0.4) is 0 Å². The number of carboxylic acids is 1. The van der Waals surface area contributed by atoms with Crippen LogP contribution >= 0.6 is 11.6 Å². The fourth-order valence-corrected chi connectivity index (χ4v) is 1.26. The first-order valence-corrected chi connectivity index (χ1v) is 3.20. The van der Waals surface area contributed by atoms with Gasteiger partial charge >= 0.3 is 5.97 Å². The Kier molecular flexibility index (Phi) is 1.09. The average Bonchev–Trinajstić information content (AvgIpc) is 2.08. The zero-order valence-corrected chi connectivity index (χ0v) is 6.20. The van der Waals surface area contributed by atoms with Gasteiger partial charge in [0.1, 0.15) is 4.87 Å². The molecule has 1 aliphatic rings. The first-order chi connectivity index (χ1) is 3.90. The van der Waals surface area contributed by atoms with Gasteiger partial charge < -0.3 is 5.11 Å². The molecule has 0 bridgehead atoms. The van der Waals surface area contributed by atoms with Gasteiger partial charge in [-0.05, 0) is 11.8 Å². The Morgan fingerprint density at radius 1 is 1.67 bits per heavy atom. The van der Waals surface area contributed by atoms with Crippen molar-refractivity contribution >= 4 is 17.6 Å². The molecule has 1 fully saturated rings. The molecular weight excluding hydrogens is 140 g/mol. The molecule has 1 rings (SSSR count). The minimum absolute atomic E-state index is 0.208. The summed E-state index contributed by atoms with van der Waals surface area (Å²) in [4.78, 5) is 9.40. The molecule has 1 aliphatic carbocycles. The zero-order chi connectivity index (χ0) is 7.28. The van der Waals surface area contributed by atoms with Gasteiger partial charge in [0, 0.05) is 0 Å². The monoisotopic (exact) mass is 148 g/mol. The van der Waals surface area contributed by atoms with Gasteiger partial charge in [-0.25, -0.2) is 0 Å². The molecule has 52 valence electrons. The van der Waals surface area contributed by atoms with Gasteiger partial charge in [-0.15, -0.1) is 11.6 Å². The molecule has 0 aromatic rings. The minimum Gasteiger partial charge on any atom is -0.480 e. The Balaban J connectivity index is 2.74. The van der Waals surface area contributed by atoms with Gasteiger partial charge in [-0.2, -0.15) is 0 Å². The molecule has 0 aromatic heterocycles. The lowest BCUT2D eigenvalue weighted by atomic mass is 10.1. The molecule has 9 heavy (non-hydrogen) atoms. The van der Waals surface area contributed by atoms with Crippen LogP contribution in [0, 0.1) is 5.41 Å². The molecule has 0 saturated heterocycles. The Labute approximate surface area is 58.8 Å². The maximum atomic E-state index is 10.4. The van der Waals surface area contributed by atoms with E-state index in [4.69, 9.17) is 16.7 Å². The van der Waals surface area contributed by atoms with Crippen molar-refractivity contribution < 1.29 is 9.90 Å². The number of alkyl halides is 1. The lowest BCUT2D eigenvalue weighted by Crippen LogP contribution is -2.20. The Morgan fingerprint density at radius 2 is 2.00 bits per heavy atom. The lowest BCUT2D eigenvalue weighted by molar-refractivity contribution is -0.138. The van der Waals surface area contributed by atoms with Crippen LogP contribution in [-0.2, 0) is 4.79 Å². The van der Waals surface area contributed by atoms with Crippen LogP contribution in [0.1, 0.15) is 20.3 Å². The average molecular weight is 149 g/mol. The van der Waals surface area contributed by atoms with Crippen LogP contribution in [0.4, 0.5) is 0 Å². The van der Waals surface area contributed by atoms with Crippen LogP contribution in [0.15, 0.2) is 0 Å². The number of carbonyl (C=O) groups is 1. The third-order valence-electron chi connectivity index (χ3n) is 1.97. The largest absolute Gasteiger partial charge is 0.480 e. The highest BCUT2D eigenvalue weighted by Crippen LogP contribution is 2.60. The molecule has 0 amide bonds. The molecular formula is C6H9ClO2. The number of rotatable bonds is 1. The maximum Gasteiger partial charge on any atom is 0.325 e. The second-order valence-electron chi connectivity index (χ2n) is 3.17. The van der Waals surface area contributed by atoms with E-state index in [9.17, 15) is 4.79 Å². The molecule has 0 spiro atoms. The van der Waals surface area contributed by atoms with Gasteiger partial charge in [-0.1, -0.05) is 13.8 Å². The molecule has 2 nitrogen and oxygen atoms in total. The first-order valence-electron chi connectivity index (χ1n) is 2.82. The lowest BCUT2D eigenvalue weighted by Gasteiger charge is -2.04. The van der Waals surface area contributed by atoms with Gasteiger partial charge in [0.05, 0.1) is 0 Å². The highest BCUT2D eigenvalue weighted by atomic mass is 35.5. The van der Waals surface area contributed by atoms with Gasteiger partial charge in [0.15, 0.2) is 0 Å². The first kappa shape index (κ1) is 6.87. The summed E-state index contributed by atoms with van der Waals surface area (Å²) in [5.41, 5.74) is -0.208. The molecule has 0 heterocycles. The summed E-state index contributed by atoms with van der Waals surface area (Å²) >= 11 is 5.67. The number of carboxylic acid groups (broad SMARTS) is 1. The van der Waals surface area contributed by atoms with Crippen molar-refractivity contribution in [3.8, 4) is 0 Å². The van der Waals surface area contributed by atoms with E-state index in [2.05, 4.69) is 0 Å². The molecule has 0 aliphatic heterocycles. The van der Waals surface area contributed by atoms with Gasteiger partial charge in [0.25, 0.3) is 0 Å². The third kappa shape index (κ3) is 0.732. The van der Waals surface area contributed by atoms with Crippen molar-refractivity contribution in [3.05, 3.63) is 0 Å². The van der Waals surface area contributed by atoms with Crippen molar-refractivity contribution in [1.82, 2.24) is 0 Å². The van der Waals surface area contributed by atoms with E-state index in [0.717, 1.165) is 0 Å². The van der Waals surface area contributed by atoms with E-state index in [1.165, 1.54) is 0 Å². The molecule has 3 heteroatoms. The molecule has 1 saturated carbocycles. The summed E-state index contributed by atoms with van der Waals surface area (Å²) in [5, 5.41) is 8.52. The standard InChI is InChI=1S/C6H9ClO2/c1-5(2)3-6(5,7)4(8)9/h3H2,1-2H3,(H,8,9)/t6-/m1/s1. The van der Waals surface area contributed by atoms with E-state index < -0.39 is 10.8 Å². The summed E-state index contributed by atoms with van der Waals surface area (Å²) in [6.45, 7) is 3.71. The molecule has 1 atom stereocenters. The fraction of sp³-hybridized carbons (Fsp3) is 0.833. The van der Waals surface area contributed by atoms with Crippen LogP contribution in [0.2, 0.25) is 0 Å². The van der Waals surface area contributed by atoms with Crippen LogP contribution in [0.5, 0.6) is 0 Å². The number of hydrogen-bond donors (Lipinski definition) is 1. The van der Waals surface area contributed by atoms with Gasteiger partial charge in [0.2, 0.25) is 0 Å². The molecule has 0 radical (unpaired) electrons. The van der Waals surface area contributed by atoms with E-state index in [1.54, 1.807) is 0 Å². The minimum atomic E-state index is -0.965. The van der Waals surface area contributed by atoms with Crippen molar-refractivity contribution in [2.45, 2.75) is 25.1 Å². The maximum absolute atomic E-state index is 10.4. The highest BCUT2D eigenvalue weighted by Gasteiger charge is 2.66. The summed E-state index contributed by atoms with van der Waals surface area (Å²) in [6, 6.07) is 0. The third-order valence-corrected chi connectivity index (χ3v) is 2.78. The van der Waals surface area contributed by atoms with Crippen LogP contribution in [0.25, 0.3) is 0 Å². The van der Waals surface area contributed by atoms with E-state index >= 15 is 0 Å². The molecule has 0 unspecified atom stereocenters. The SMILES string of the molecule is CC1(C)C[C@@]1(Cl)C(=O)O. The number of hydrogen-bond acceptors (Lipinski definition) is 1. The Bertz CT molecular complexity index is 164. The summed E-state index contributed by atoms with van der Waals surface area (Å²) in [6.07, 6.45) is 0.580. The Hall–Kier alpha value is -0.240. The van der Waals surface area contributed by atoms with Crippen molar-refractivity contribution in [3.63, 3.8) is 0 Å². The predicted octanol–water partition coefficient (Wildman–Crippen LogP) is 1.48. The smallest absolute Gasteiger partial charge is 0.325 e. The zero-order valence-electron chi connectivity index (χ0n) is 5.44. The van der Waals surface area contributed by atoms with Gasteiger partial charge in [-0.3, -0.25) is 4.79 Å². The Morgan fingerprint density at radius 3 is 2.00 bits per heavy atom. The summed E-state index contributed by atoms with van der Waals surface area (Å²) < 4.78 is 0. The topological polar surface area (TPSA) is 37.3 Å². The van der Waals surface area contributed by atoms with Crippen molar-refractivity contribution in [1.29, 1.82) is 0 Å². The summed E-state index contributed by atoms with van der Waals surface area (Å²) in [7, 11) is 0. The predicted molar refractivity (Wildman–Crippen MR) is 34.6 cm³/mol. The number of aliphatic carboxylic acids is 1. The summed E-state index contributed by atoms with van der Waals surface area (Å²) in [5.74, 6) is -0.894. The quantitative estimate of drug-likeness (QED) is 0.572. The fourth-order valence-electron chi connectivity index (χ4n) is 0.930. The van der Waals surface area contributed by atoms with E-state index in [0.29, 0.717) is 6.42 Å². The highest BCUT2D eigenvalue weighted by molar-refractivity contribution is 6.37.